The van der Waals surface area contributed by atoms with Gasteiger partial charge < -0.3 is 14.2 Å². The zero-order chi connectivity index (χ0) is 19.1. The number of carbonyl (C=O) groups excluding carboxylic acids is 1. The van der Waals surface area contributed by atoms with Gasteiger partial charge in [0.2, 0.25) is 0 Å². The van der Waals surface area contributed by atoms with Gasteiger partial charge in [-0.2, -0.15) is 13.9 Å². The minimum absolute atomic E-state index is 0.0471. The van der Waals surface area contributed by atoms with Crippen molar-refractivity contribution in [3.8, 4) is 17.2 Å². The quantitative estimate of drug-likeness (QED) is 0.603. The Morgan fingerprint density at radius 2 is 1.62 bits per heavy atom. The summed E-state index contributed by atoms with van der Waals surface area (Å²) in [6.45, 7) is -1.20. The van der Waals surface area contributed by atoms with E-state index >= 15 is 0 Å². The van der Waals surface area contributed by atoms with E-state index in [1.54, 1.807) is 31.2 Å². The van der Waals surface area contributed by atoms with Gasteiger partial charge in [0.05, 0.1) is 19.9 Å². The van der Waals surface area contributed by atoms with Crippen LogP contribution < -0.4 is 19.6 Å². The lowest BCUT2D eigenvalue weighted by Gasteiger charge is -2.09. The molecule has 2 aromatic rings. The number of rotatable bonds is 7. The highest BCUT2D eigenvalue weighted by Gasteiger charge is 2.10. The number of carbonyl (C=O) groups is 1. The fraction of sp³-hybridized carbons (Fsp3) is 0.222. The molecule has 0 radical (unpaired) electrons. The van der Waals surface area contributed by atoms with E-state index in [0.717, 1.165) is 0 Å². The van der Waals surface area contributed by atoms with Crippen LogP contribution in [0.4, 0.5) is 8.78 Å². The summed E-state index contributed by atoms with van der Waals surface area (Å²) in [6, 6.07) is 10.7. The van der Waals surface area contributed by atoms with Crippen LogP contribution in [0, 0.1) is 0 Å². The summed E-state index contributed by atoms with van der Waals surface area (Å²) in [5, 5.41) is 4.02. The Morgan fingerprint density at radius 3 is 2.19 bits per heavy atom. The summed E-state index contributed by atoms with van der Waals surface area (Å²) in [4.78, 5) is 12.2. The van der Waals surface area contributed by atoms with Crippen LogP contribution in [-0.4, -0.2) is 32.4 Å². The maximum atomic E-state index is 12.2. The first kappa shape index (κ1) is 19.2. The van der Waals surface area contributed by atoms with Crippen molar-refractivity contribution in [1.29, 1.82) is 0 Å². The fourth-order valence-corrected chi connectivity index (χ4v) is 2.12. The molecule has 0 unspecified atom stereocenters. The molecule has 0 aliphatic heterocycles. The number of ether oxygens (including phenoxy) is 3. The Balaban J connectivity index is 2.07. The highest BCUT2D eigenvalue weighted by Crippen LogP contribution is 2.27. The van der Waals surface area contributed by atoms with Crippen LogP contribution in [0.2, 0.25) is 0 Å². The lowest BCUT2D eigenvalue weighted by molar-refractivity contribution is -0.0498. The van der Waals surface area contributed by atoms with Gasteiger partial charge >= 0.3 is 6.61 Å². The SMILES string of the molecule is COc1ccc(C(=O)NN=C(C)c2ccc(OC(F)F)cc2)cc1OC. The summed E-state index contributed by atoms with van der Waals surface area (Å²) >= 11 is 0. The van der Waals surface area contributed by atoms with Crippen LogP contribution in [0.3, 0.4) is 0 Å². The van der Waals surface area contributed by atoms with E-state index in [0.29, 0.717) is 28.3 Å². The molecule has 0 bridgehead atoms. The molecule has 138 valence electrons. The van der Waals surface area contributed by atoms with Crippen LogP contribution in [0.1, 0.15) is 22.8 Å². The van der Waals surface area contributed by atoms with Gasteiger partial charge in [-0.1, -0.05) is 0 Å². The third-order valence-corrected chi connectivity index (χ3v) is 3.47. The lowest BCUT2D eigenvalue weighted by Crippen LogP contribution is -2.19. The first-order valence-corrected chi connectivity index (χ1v) is 7.56. The molecule has 0 aliphatic carbocycles. The van der Waals surface area contributed by atoms with E-state index < -0.39 is 12.5 Å². The molecule has 0 saturated carbocycles. The van der Waals surface area contributed by atoms with E-state index in [9.17, 15) is 13.6 Å². The summed E-state index contributed by atoms with van der Waals surface area (Å²) in [7, 11) is 2.98. The Kier molecular flexibility index (Phi) is 6.48. The molecule has 6 nitrogen and oxygen atoms in total. The maximum Gasteiger partial charge on any atom is 0.387 e. The molecule has 0 aliphatic rings. The van der Waals surface area contributed by atoms with Crippen molar-refractivity contribution in [2.24, 2.45) is 5.10 Å². The molecule has 2 rings (SSSR count). The third-order valence-electron chi connectivity index (χ3n) is 3.47. The van der Waals surface area contributed by atoms with Crippen molar-refractivity contribution in [2.75, 3.05) is 14.2 Å². The molecular weight excluding hydrogens is 346 g/mol. The summed E-state index contributed by atoms with van der Waals surface area (Å²) in [5.41, 5.74) is 3.94. The highest BCUT2D eigenvalue weighted by molar-refractivity contribution is 6.01. The number of nitrogens with one attached hydrogen (secondary N) is 1. The molecular formula is C18H18F2N2O4. The summed E-state index contributed by atoms with van der Waals surface area (Å²) < 4.78 is 38.8. The fourth-order valence-electron chi connectivity index (χ4n) is 2.12. The topological polar surface area (TPSA) is 69.2 Å². The number of alkyl halides is 2. The van der Waals surface area contributed by atoms with Crippen molar-refractivity contribution in [3.05, 3.63) is 53.6 Å². The third kappa shape index (κ3) is 4.92. The molecule has 0 aromatic heterocycles. The Morgan fingerprint density at radius 1 is 1.00 bits per heavy atom. The molecule has 1 N–H and O–H groups in total. The van der Waals surface area contributed by atoms with Crippen LogP contribution in [-0.2, 0) is 0 Å². The van der Waals surface area contributed by atoms with Crippen molar-refractivity contribution in [3.63, 3.8) is 0 Å². The van der Waals surface area contributed by atoms with Crippen LogP contribution in [0.25, 0.3) is 0 Å². The molecule has 8 heteroatoms. The van der Waals surface area contributed by atoms with Gasteiger partial charge in [0.15, 0.2) is 11.5 Å². The predicted molar refractivity (Wildman–Crippen MR) is 92.3 cm³/mol. The van der Waals surface area contributed by atoms with Gasteiger partial charge in [0, 0.05) is 5.56 Å². The van der Waals surface area contributed by atoms with Crippen LogP contribution >= 0.6 is 0 Å². The number of benzene rings is 2. The van der Waals surface area contributed by atoms with Crippen molar-refractivity contribution in [1.82, 2.24) is 5.43 Å². The minimum Gasteiger partial charge on any atom is -0.493 e. The predicted octanol–water partition coefficient (Wildman–Crippen LogP) is 3.46. The molecule has 0 atom stereocenters. The Hall–Kier alpha value is -3.16. The van der Waals surface area contributed by atoms with Crippen molar-refractivity contribution in [2.45, 2.75) is 13.5 Å². The average Bonchev–Trinajstić information content (AvgIpc) is 2.65. The van der Waals surface area contributed by atoms with Gasteiger partial charge in [0.1, 0.15) is 5.75 Å². The van der Waals surface area contributed by atoms with Gasteiger partial charge in [0.25, 0.3) is 5.91 Å². The largest absolute Gasteiger partial charge is 0.493 e. The molecule has 0 spiro atoms. The van der Waals surface area contributed by atoms with E-state index in [1.807, 2.05) is 0 Å². The number of hydrazone groups is 1. The van der Waals surface area contributed by atoms with E-state index in [-0.39, 0.29) is 5.75 Å². The first-order valence-electron chi connectivity index (χ1n) is 7.56. The molecule has 0 heterocycles. The molecule has 2 aromatic carbocycles. The molecule has 0 saturated heterocycles. The molecule has 0 fully saturated rings. The monoisotopic (exact) mass is 364 g/mol. The summed E-state index contributed by atoms with van der Waals surface area (Å²) in [6.07, 6.45) is 0. The first-order chi connectivity index (χ1) is 12.4. The second-order valence-electron chi connectivity index (χ2n) is 5.11. The number of nitrogens with zero attached hydrogens (tertiary/aromatic N) is 1. The summed E-state index contributed by atoms with van der Waals surface area (Å²) in [5.74, 6) is 0.555. The second-order valence-corrected chi connectivity index (χ2v) is 5.11. The second kappa shape index (κ2) is 8.80. The molecule has 1 amide bonds. The number of methoxy groups -OCH3 is 2. The van der Waals surface area contributed by atoms with E-state index in [1.165, 1.54) is 32.4 Å². The number of hydrogen-bond donors (Lipinski definition) is 1. The zero-order valence-corrected chi connectivity index (χ0v) is 14.5. The van der Waals surface area contributed by atoms with E-state index in [4.69, 9.17) is 9.47 Å². The number of hydrogen-bond acceptors (Lipinski definition) is 5. The van der Waals surface area contributed by atoms with Gasteiger partial charge in [-0.3, -0.25) is 4.79 Å². The standard InChI is InChI=1S/C18H18F2N2O4/c1-11(12-4-7-14(8-5-12)26-18(19)20)21-22-17(23)13-6-9-15(24-2)16(10-13)25-3/h4-10,18H,1-3H3,(H,22,23). The smallest absolute Gasteiger partial charge is 0.387 e. The van der Waals surface area contributed by atoms with Gasteiger partial charge in [-0.15, -0.1) is 0 Å². The average molecular weight is 364 g/mol. The van der Waals surface area contributed by atoms with Crippen molar-refractivity contribution < 1.29 is 27.8 Å². The van der Waals surface area contributed by atoms with Gasteiger partial charge in [-0.05, 0) is 55.0 Å². The highest BCUT2D eigenvalue weighted by atomic mass is 19.3. The zero-order valence-electron chi connectivity index (χ0n) is 14.5. The molecule has 26 heavy (non-hydrogen) atoms. The Bertz CT molecular complexity index is 792. The normalized spacial score (nSPS) is 11.2. The van der Waals surface area contributed by atoms with E-state index in [2.05, 4.69) is 15.3 Å². The lowest BCUT2D eigenvalue weighted by atomic mass is 10.1. The Labute approximate surface area is 149 Å². The van der Waals surface area contributed by atoms with Crippen molar-refractivity contribution >= 4 is 11.6 Å². The van der Waals surface area contributed by atoms with Crippen LogP contribution in [0.5, 0.6) is 17.2 Å². The number of halogens is 2. The van der Waals surface area contributed by atoms with Gasteiger partial charge in [-0.25, -0.2) is 5.43 Å². The minimum atomic E-state index is -2.88. The number of amides is 1. The maximum absolute atomic E-state index is 12.2. The van der Waals surface area contributed by atoms with Crippen LogP contribution in [0.15, 0.2) is 47.6 Å².